The molecule has 0 unspecified atom stereocenters. The molecule has 0 radical (unpaired) electrons. The summed E-state index contributed by atoms with van der Waals surface area (Å²) in [7, 11) is 0. The summed E-state index contributed by atoms with van der Waals surface area (Å²) in [6.45, 7) is 0. The summed E-state index contributed by atoms with van der Waals surface area (Å²) < 4.78 is 0. The van der Waals surface area contributed by atoms with Crippen LogP contribution in [0, 0.1) is 0 Å². The fraction of sp³-hybridized carbons (Fsp3) is 0. The average Bonchev–Trinajstić information content (AvgIpc) is 0.811. The van der Waals surface area contributed by atoms with Gasteiger partial charge in [-0.25, -0.2) is 0 Å². The van der Waals surface area contributed by atoms with Gasteiger partial charge < -0.3 is 36.9 Å². The smallest absolute Gasteiger partial charge is 0.870 e. The van der Waals surface area contributed by atoms with E-state index in [0.29, 0.717) is 0 Å². The standard InChI is InChI=1S/CH2O3.2Mg.4H2O/c2-1(3)4;;;;;;/h(H2,2,3,4);;;4*1H2/q;2*+2;;;;/p-3. The van der Waals surface area contributed by atoms with E-state index in [1.807, 2.05) is 0 Å². The van der Waals surface area contributed by atoms with E-state index in [1.54, 1.807) is 0 Å². The zero-order valence-electron chi connectivity index (χ0n) is 5.09. The van der Waals surface area contributed by atoms with E-state index >= 15 is 0 Å². The monoisotopic (exact) mass is 179 g/mol. The Balaban J connectivity index is -0.00000000300. The van der Waals surface area contributed by atoms with Crippen LogP contribution in [0.5, 0.6) is 0 Å². The zero-order chi connectivity index (χ0) is 3.58. The number of hydrogen-bond donors (Lipinski definition) is 0. The SMILES string of the molecule is O.O.O.O=C([O-])[O-].[Mg+2].[Mg+2].[OH-]. The Morgan fingerprint density at radius 1 is 0.900 bits per heavy atom. The first-order valence-electron chi connectivity index (χ1n) is 0.612. The second-order valence-electron chi connectivity index (χ2n) is 0.250. The van der Waals surface area contributed by atoms with Gasteiger partial charge in [-0.3, -0.25) is 0 Å². The van der Waals surface area contributed by atoms with Gasteiger partial charge in [-0.05, 0) is 6.16 Å². The van der Waals surface area contributed by atoms with Crippen LogP contribution < -0.4 is 10.2 Å². The molecule has 9 heteroatoms. The molecule has 0 aliphatic rings. The molecular weight excluding hydrogens is 173 g/mol. The van der Waals surface area contributed by atoms with Crippen molar-refractivity contribution in [1.82, 2.24) is 0 Å². The first-order valence-corrected chi connectivity index (χ1v) is 0.612. The largest absolute Gasteiger partial charge is 2.00 e. The van der Waals surface area contributed by atoms with Crippen LogP contribution in [0.1, 0.15) is 0 Å². The van der Waals surface area contributed by atoms with E-state index in [4.69, 9.17) is 15.0 Å². The van der Waals surface area contributed by atoms with Crippen LogP contribution in [-0.4, -0.2) is 74.2 Å². The molecule has 0 heterocycles. The molecule has 0 aromatic carbocycles. The topological polar surface area (TPSA) is 188 Å². The Hall–Kier alpha value is 0.642. The van der Waals surface area contributed by atoms with E-state index in [9.17, 15) is 0 Å². The van der Waals surface area contributed by atoms with Gasteiger partial charge in [0.15, 0.2) is 0 Å². The molecule has 56 valence electrons. The molecule has 0 saturated carbocycles. The fourth-order valence-electron chi connectivity index (χ4n) is 0. The minimum Gasteiger partial charge on any atom is -0.870 e. The molecule has 0 fully saturated rings. The molecule has 0 bridgehead atoms. The Labute approximate surface area is 89.0 Å². The molecule has 0 aromatic heterocycles. The number of carbonyl (C=O) groups excluding carboxylic acids is 1. The van der Waals surface area contributed by atoms with Crippen molar-refractivity contribution >= 4 is 52.3 Å². The average molecular weight is 180 g/mol. The maximum Gasteiger partial charge on any atom is 2.00 e. The molecule has 10 heavy (non-hydrogen) atoms. The molecule has 0 aliphatic carbocycles. The second-order valence-corrected chi connectivity index (χ2v) is 0.250. The van der Waals surface area contributed by atoms with Gasteiger partial charge in [0, 0.05) is 0 Å². The molecule has 0 aromatic rings. The Morgan fingerprint density at radius 3 is 0.900 bits per heavy atom. The number of carbonyl (C=O) groups is 1. The second kappa shape index (κ2) is 54.3. The van der Waals surface area contributed by atoms with Gasteiger partial charge in [0.1, 0.15) is 0 Å². The molecule has 0 amide bonds. The minimum absolute atomic E-state index is 0. The predicted octanol–water partition coefficient (Wildman–Crippen LogP) is -5.86. The summed E-state index contributed by atoms with van der Waals surface area (Å²) in [4.78, 5) is 8.33. The Bertz CT molecular complexity index is 34.6. The molecule has 7 nitrogen and oxygen atoms in total. The van der Waals surface area contributed by atoms with E-state index in [0.717, 1.165) is 0 Å². The summed E-state index contributed by atoms with van der Waals surface area (Å²) >= 11 is 0. The third kappa shape index (κ3) is 1220. The predicted molar refractivity (Wildman–Crippen MR) is 29.7 cm³/mol. The van der Waals surface area contributed by atoms with Gasteiger partial charge in [-0.1, -0.05) is 0 Å². The molecule has 0 aliphatic heterocycles. The third-order valence-corrected chi connectivity index (χ3v) is 0. The maximum absolute atomic E-state index is 8.33. The van der Waals surface area contributed by atoms with E-state index < -0.39 is 6.16 Å². The first-order chi connectivity index (χ1) is 1.73. The van der Waals surface area contributed by atoms with E-state index in [-0.39, 0.29) is 68.0 Å². The van der Waals surface area contributed by atoms with Gasteiger partial charge in [-0.15, -0.1) is 0 Å². The summed E-state index contributed by atoms with van der Waals surface area (Å²) in [5.74, 6) is 0. The molecule has 0 saturated heterocycles. The summed E-state index contributed by atoms with van der Waals surface area (Å²) in [5.41, 5.74) is 0. The van der Waals surface area contributed by atoms with Crippen molar-refractivity contribution in [1.29, 1.82) is 0 Å². The van der Waals surface area contributed by atoms with Crippen molar-refractivity contribution in [2.75, 3.05) is 0 Å². The van der Waals surface area contributed by atoms with Gasteiger partial charge in [0.25, 0.3) is 0 Å². The Morgan fingerprint density at radius 2 is 0.900 bits per heavy atom. The molecular formula is CH7Mg2O7+. The van der Waals surface area contributed by atoms with Crippen LogP contribution in [0.4, 0.5) is 4.79 Å². The third-order valence-electron chi connectivity index (χ3n) is 0. The van der Waals surface area contributed by atoms with Gasteiger partial charge >= 0.3 is 46.1 Å². The summed E-state index contributed by atoms with van der Waals surface area (Å²) in [6.07, 6.45) is -2.33. The summed E-state index contributed by atoms with van der Waals surface area (Å²) in [6, 6.07) is 0. The maximum atomic E-state index is 8.33. The van der Waals surface area contributed by atoms with Crippen LogP contribution in [0.15, 0.2) is 0 Å². The van der Waals surface area contributed by atoms with Crippen LogP contribution in [0.3, 0.4) is 0 Å². The van der Waals surface area contributed by atoms with Crippen molar-refractivity contribution < 1.29 is 36.9 Å². The molecule has 0 rings (SSSR count). The van der Waals surface area contributed by atoms with Crippen LogP contribution in [0.25, 0.3) is 0 Å². The van der Waals surface area contributed by atoms with Gasteiger partial charge in [0.05, 0.1) is 0 Å². The van der Waals surface area contributed by atoms with Crippen molar-refractivity contribution in [3.05, 3.63) is 0 Å². The van der Waals surface area contributed by atoms with Gasteiger partial charge in [0.2, 0.25) is 0 Å². The van der Waals surface area contributed by atoms with Crippen molar-refractivity contribution in [2.45, 2.75) is 0 Å². The minimum atomic E-state index is -2.33. The molecule has 0 atom stereocenters. The van der Waals surface area contributed by atoms with Crippen LogP contribution in [0.2, 0.25) is 0 Å². The Kier molecular flexibility index (Phi) is 405. The van der Waals surface area contributed by atoms with Crippen molar-refractivity contribution in [3.63, 3.8) is 0 Å². The van der Waals surface area contributed by atoms with Crippen LogP contribution >= 0.6 is 0 Å². The quantitative estimate of drug-likeness (QED) is 0.335. The molecule has 7 N–H and O–H groups in total. The fourth-order valence-corrected chi connectivity index (χ4v) is 0. The molecule has 0 spiro atoms. The van der Waals surface area contributed by atoms with Crippen molar-refractivity contribution in [2.24, 2.45) is 0 Å². The van der Waals surface area contributed by atoms with Crippen LogP contribution in [-0.2, 0) is 0 Å². The van der Waals surface area contributed by atoms with E-state index in [2.05, 4.69) is 0 Å². The van der Waals surface area contributed by atoms with Gasteiger partial charge in [-0.2, -0.15) is 0 Å². The normalized spacial score (nSPS) is 2.40. The van der Waals surface area contributed by atoms with E-state index in [1.165, 1.54) is 0 Å². The summed E-state index contributed by atoms with van der Waals surface area (Å²) in [5, 5.41) is 16.7. The van der Waals surface area contributed by atoms with Crippen molar-refractivity contribution in [3.8, 4) is 0 Å². The first kappa shape index (κ1) is 74.6. The number of rotatable bonds is 0. The number of hydrogen-bond acceptors (Lipinski definition) is 4. The zero-order valence-corrected chi connectivity index (χ0v) is 7.91. The number of carboxylic acid groups (broad SMARTS) is 2.